The van der Waals surface area contributed by atoms with Crippen molar-refractivity contribution >= 4 is 89.6 Å². The van der Waals surface area contributed by atoms with E-state index in [1.165, 1.54) is 16.0 Å². The second-order valence-electron chi connectivity index (χ2n) is 45.9. The van der Waals surface area contributed by atoms with Crippen LogP contribution in [0.2, 0.25) is 0 Å². The lowest BCUT2D eigenvalue weighted by Gasteiger charge is -2.34. The molecule has 0 aromatic heterocycles. The SMILES string of the molecule is C=C(C)CC(C)(C)c1ccc(N(c2ccc(N3C(=O)c4cc(Oc5ccc(C(C)(C)CC(C)(C)C)cc5)c5c6c(Oc7ccc(C(C)(C)CC(C)(C)C)cc7)cc7c8c(cc(Oc9ccc(C(C)(C)CC(C)(C)C)cc9)c(c9c(Oc%10ccc(C(C)(C)CC(C)(C)C)cc%10)cc(c4c59)C3=O)c86)C(=O)OC7=O)cc2)c2ccc(C(C)(C)CC(C)(C)C)cc2)cc1. The Morgan fingerprint density at radius 3 is 0.750 bits per heavy atom. The summed E-state index contributed by atoms with van der Waals surface area (Å²) in [6.45, 7) is 67.4. The zero-order chi connectivity index (χ0) is 90.3. The number of carbonyl (C=O) groups excluding carboxylic acids is 4. The molecule has 11 heteroatoms. The highest BCUT2D eigenvalue weighted by Crippen LogP contribution is 2.59. The molecule has 0 bridgehead atoms. The highest BCUT2D eigenvalue weighted by molar-refractivity contribution is 6.46. The number of benzene rings is 12. The number of carbonyl (C=O) groups is 4. The fourth-order valence-corrected chi connectivity index (χ4v) is 21.6. The van der Waals surface area contributed by atoms with Crippen molar-refractivity contribution in [1.82, 2.24) is 0 Å². The lowest BCUT2D eigenvalue weighted by atomic mass is 9.72. The normalized spacial score (nSPS) is 14.1. The minimum absolute atomic E-state index is 0.0115. The zero-order valence-electron chi connectivity index (χ0n) is 79.0. The summed E-state index contributed by atoms with van der Waals surface area (Å²) in [7, 11) is 0. The number of hydrogen-bond acceptors (Lipinski definition) is 10. The number of fused-ring (bicyclic) bond motifs is 2. The molecule has 0 radical (unpaired) electrons. The van der Waals surface area contributed by atoms with Crippen LogP contribution in [0.5, 0.6) is 46.0 Å². The molecule has 0 N–H and O–H groups in total. The van der Waals surface area contributed by atoms with E-state index in [0.29, 0.717) is 66.4 Å². The van der Waals surface area contributed by atoms with Crippen LogP contribution in [0.4, 0.5) is 22.7 Å². The quantitative estimate of drug-likeness (QED) is 0.0137. The van der Waals surface area contributed by atoms with E-state index in [4.69, 9.17) is 23.7 Å². The minimum atomic E-state index is -0.871. The average Bonchev–Trinajstić information content (AvgIpc) is 0.670. The number of rotatable bonds is 25. The van der Waals surface area contributed by atoms with Crippen LogP contribution in [-0.2, 0) is 37.2 Å². The third kappa shape index (κ3) is 18.4. The molecule has 2 aliphatic heterocycles. The third-order valence-corrected chi connectivity index (χ3v) is 24.9. The van der Waals surface area contributed by atoms with Gasteiger partial charge in [0.05, 0.1) is 27.9 Å². The van der Waals surface area contributed by atoms with Gasteiger partial charge in [-0.2, -0.15) is 0 Å². The standard InChI is InChI=1S/C113H130N2O9/c1-68(2)62-108(18,19)69-30-42-75(43-31-69)114(76-44-32-70(33-45-76)109(20,21)63-103(3,4)5)77-46-48-78(49-47-77)115-99(116)83-58-87(120-79-50-34-71(35-51-79)110(22,23)64-104(6,7)8)93-95-89(122-81-54-38-73(39-55-81)112(26,27)66-106(12,13)14)60-85-92-86(102(119)124-101(85)118)61-90(123-82-56-40-74(41-57-82)113(28,29)67-107(15,16)17)96(98(92)95)94-88(59-84(100(115)117)91(83)97(93)94)121-80-52-36-72(37-53-80)111(24,25)65-105(9,10)11/h30-61H,1,62-67H2,2-29H3. The topological polar surface area (TPSA) is 121 Å². The van der Waals surface area contributed by atoms with Gasteiger partial charge >= 0.3 is 11.9 Å². The lowest BCUT2D eigenvalue weighted by Crippen LogP contribution is -2.40. The minimum Gasteiger partial charge on any atom is -0.457 e. The van der Waals surface area contributed by atoms with Crippen molar-refractivity contribution in [3.8, 4) is 46.0 Å². The number of anilines is 4. The highest BCUT2D eigenvalue weighted by Gasteiger charge is 2.43. The van der Waals surface area contributed by atoms with E-state index >= 15 is 19.2 Å². The van der Waals surface area contributed by atoms with E-state index in [-0.39, 0.29) is 110 Å². The summed E-state index contributed by atoms with van der Waals surface area (Å²) in [6, 6.07) is 64.5. The van der Waals surface area contributed by atoms with Gasteiger partial charge in [0.25, 0.3) is 11.8 Å². The van der Waals surface area contributed by atoms with Crippen molar-refractivity contribution in [3.63, 3.8) is 0 Å². The summed E-state index contributed by atoms with van der Waals surface area (Å²) in [5.41, 5.74) is 10.4. The number of amides is 2. The first-order valence-corrected chi connectivity index (χ1v) is 44.4. The Kier molecular flexibility index (Phi) is 22.7. The molecule has 2 amide bonds. The Morgan fingerprint density at radius 2 is 0.508 bits per heavy atom. The van der Waals surface area contributed by atoms with Gasteiger partial charge in [-0.25, -0.2) is 14.5 Å². The largest absolute Gasteiger partial charge is 0.457 e. The Hall–Kier alpha value is -11.0. The van der Waals surface area contributed by atoms with Crippen molar-refractivity contribution in [3.05, 3.63) is 262 Å². The molecule has 0 aliphatic carbocycles. The van der Waals surface area contributed by atoms with Gasteiger partial charge < -0.3 is 28.6 Å². The maximum atomic E-state index is 16.9. The van der Waals surface area contributed by atoms with Crippen molar-refractivity contribution in [2.24, 2.45) is 27.1 Å². The first kappa shape index (κ1) is 89.2. The van der Waals surface area contributed by atoms with E-state index in [0.717, 1.165) is 83.4 Å². The second kappa shape index (κ2) is 31.6. The molecule has 12 aromatic carbocycles. The number of nitrogens with zero attached hydrogens (tertiary/aromatic N) is 2. The molecule has 0 unspecified atom stereocenters. The van der Waals surface area contributed by atoms with Crippen molar-refractivity contribution in [2.45, 2.75) is 265 Å². The van der Waals surface area contributed by atoms with Crippen LogP contribution in [0.15, 0.2) is 206 Å². The fraction of sp³-hybridized carbons (Fsp3) is 0.398. The molecule has 646 valence electrons. The number of ether oxygens (including phenoxy) is 5. The van der Waals surface area contributed by atoms with E-state index < -0.39 is 23.8 Å². The molecule has 0 saturated carbocycles. The first-order chi connectivity index (χ1) is 57.4. The summed E-state index contributed by atoms with van der Waals surface area (Å²) < 4.78 is 35.8. The molecule has 0 atom stereocenters. The van der Waals surface area contributed by atoms with Crippen LogP contribution in [0.25, 0.3) is 43.1 Å². The molecule has 0 saturated heterocycles. The predicted octanol–water partition coefficient (Wildman–Crippen LogP) is 32.3. The molecular weight excluding hydrogens is 1530 g/mol. The van der Waals surface area contributed by atoms with E-state index in [9.17, 15) is 0 Å². The van der Waals surface area contributed by atoms with Gasteiger partial charge in [-0.15, -0.1) is 6.58 Å². The molecule has 14 rings (SSSR count). The van der Waals surface area contributed by atoms with Crippen LogP contribution < -0.4 is 28.7 Å². The van der Waals surface area contributed by atoms with Crippen LogP contribution in [0, 0.1) is 27.1 Å². The van der Waals surface area contributed by atoms with Crippen molar-refractivity contribution in [2.75, 3.05) is 9.80 Å². The van der Waals surface area contributed by atoms with Crippen molar-refractivity contribution < 1.29 is 42.9 Å². The lowest BCUT2D eigenvalue weighted by molar-refractivity contribution is 0.0389. The van der Waals surface area contributed by atoms with Gasteiger partial charge in [0.15, 0.2) is 0 Å². The van der Waals surface area contributed by atoms with Crippen LogP contribution in [0.3, 0.4) is 0 Å². The predicted molar refractivity (Wildman–Crippen MR) is 514 cm³/mol. The van der Waals surface area contributed by atoms with Crippen molar-refractivity contribution in [1.29, 1.82) is 0 Å². The molecular formula is C113H130N2O9. The number of hydrogen-bond donors (Lipinski definition) is 0. The second-order valence-corrected chi connectivity index (χ2v) is 45.9. The Balaban J connectivity index is 1.06. The molecule has 2 heterocycles. The Bertz CT molecular complexity index is 5860. The monoisotopic (exact) mass is 1660 g/mol. The summed E-state index contributed by atoms with van der Waals surface area (Å²) in [5, 5.41) is 3.04. The number of esters is 2. The van der Waals surface area contributed by atoms with Crippen LogP contribution in [0.1, 0.15) is 307 Å². The van der Waals surface area contributed by atoms with Gasteiger partial charge in [-0.1, -0.05) is 265 Å². The smallest absolute Gasteiger partial charge is 0.346 e. The maximum absolute atomic E-state index is 16.9. The molecule has 0 spiro atoms. The first-order valence-electron chi connectivity index (χ1n) is 44.4. The summed E-state index contributed by atoms with van der Waals surface area (Å²) in [6.07, 6.45) is 5.42. The van der Waals surface area contributed by atoms with Gasteiger partial charge in [0, 0.05) is 60.2 Å². The summed E-state index contributed by atoms with van der Waals surface area (Å²) in [5.74, 6) is -0.325. The number of cyclic esters (lactones) is 2. The zero-order valence-corrected chi connectivity index (χ0v) is 79.0. The van der Waals surface area contributed by atoms with Gasteiger partial charge in [-0.3, -0.25) is 9.59 Å². The average molecular weight is 1660 g/mol. The Morgan fingerprint density at radius 1 is 0.290 bits per heavy atom. The maximum Gasteiger partial charge on any atom is 0.346 e. The van der Waals surface area contributed by atoms with Crippen LogP contribution >= 0.6 is 0 Å². The summed E-state index contributed by atoms with van der Waals surface area (Å²) in [4.78, 5) is 67.5. The molecule has 0 fully saturated rings. The molecule has 2 aliphatic rings. The van der Waals surface area contributed by atoms with E-state index in [2.05, 4.69) is 302 Å². The van der Waals surface area contributed by atoms with E-state index in [1.54, 1.807) is 24.3 Å². The fourth-order valence-electron chi connectivity index (χ4n) is 21.6. The highest BCUT2D eigenvalue weighted by atomic mass is 16.6. The summed E-state index contributed by atoms with van der Waals surface area (Å²) >= 11 is 0. The van der Waals surface area contributed by atoms with E-state index in [1.807, 2.05) is 72.8 Å². The molecule has 124 heavy (non-hydrogen) atoms. The molecule has 11 nitrogen and oxygen atoms in total. The van der Waals surface area contributed by atoms with Crippen LogP contribution in [-0.4, -0.2) is 23.8 Å². The number of allylic oxidation sites excluding steroid dienone is 1. The third-order valence-electron chi connectivity index (χ3n) is 24.9. The van der Waals surface area contributed by atoms with Gasteiger partial charge in [0.2, 0.25) is 0 Å². The van der Waals surface area contributed by atoms with Gasteiger partial charge in [-0.05, 0) is 260 Å². The molecule has 12 aromatic rings. The Labute approximate surface area is 737 Å². The van der Waals surface area contributed by atoms with Gasteiger partial charge in [0.1, 0.15) is 46.0 Å². The number of imide groups is 1.